The summed E-state index contributed by atoms with van der Waals surface area (Å²) in [6.45, 7) is 0. The molecule has 2 aromatic rings. The van der Waals surface area contributed by atoms with Crippen molar-refractivity contribution in [2.24, 2.45) is 7.05 Å². The summed E-state index contributed by atoms with van der Waals surface area (Å²) in [5, 5.41) is 8.49. The Morgan fingerprint density at radius 3 is 2.89 bits per heavy atom. The van der Waals surface area contributed by atoms with Crippen LogP contribution >= 0.6 is 23.4 Å². The van der Waals surface area contributed by atoms with Crippen LogP contribution in [-0.2, 0) is 7.05 Å². The molecule has 3 nitrogen and oxygen atoms in total. The molecule has 1 heterocycles. The molecule has 1 N–H and O–H groups in total. The number of nitrogens with zero attached hydrogens (tertiary/aromatic N) is 2. The normalized spacial score (nSPS) is 12.6. The van der Waals surface area contributed by atoms with E-state index in [0.29, 0.717) is 0 Å². The zero-order valence-electron chi connectivity index (χ0n) is 10.4. The zero-order chi connectivity index (χ0) is 13.0. The van der Waals surface area contributed by atoms with Gasteiger partial charge in [0.25, 0.3) is 0 Å². The van der Waals surface area contributed by atoms with Gasteiger partial charge in [-0.05, 0) is 31.3 Å². The van der Waals surface area contributed by atoms with Crippen molar-refractivity contribution >= 4 is 23.4 Å². The summed E-state index contributed by atoms with van der Waals surface area (Å²) in [5.74, 6) is 0.924. The van der Waals surface area contributed by atoms with E-state index in [2.05, 4.69) is 16.5 Å². The molecule has 96 valence electrons. The first-order valence-electron chi connectivity index (χ1n) is 5.74. The molecule has 0 amide bonds. The summed E-state index contributed by atoms with van der Waals surface area (Å²) in [7, 11) is 3.89. The lowest BCUT2D eigenvalue weighted by atomic mass is 10.2. The fourth-order valence-electron chi connectivity index (χ4n) is 1.67. The van der Waals surface area contributed by atoms with Gasteiger partial charge < -0.3 is 5.32 Å². The number of aromatic nitrogens is 2. The topological polar surface area (TPSA) is 29.9 Å². The largest absolute Gasteiger partial charge is 0.311 e. The molecule has 0 spiro atoms. The van der Waals surface area contributed by atoms with Gasteiger partial charge in [0.2, 0.25) is 0 Å². The smallest absolute Gasteiger partial charge is 0.0802 e. The first-order chi connectivity index (χ1) is 8.69. The van der Waals surface area contributed by atoms with Crippen molar-refractivity contribution in [3.8, 4) is 0 Å². The lowest BCUT2D eigenvalue weighted by Gasteiger charge is -2.13. The van der Waals surface area contributed by atoms with Gasteiger partial charge >= 0.3 is 0 Å². The zero-order valence-corrected chi connectivity index (χ0v) is 12.0. The quantitative estimate of drug-likeness (QED) is 0.854. The average Bonchev–Trinajstić information content (AvgIpc) is 2.77. The number of aryl methyl sites for hydroxylation is 1. The van der Waals surface area contributed by atoms with Crippen LogP contribution in [0.1, 0.15) is 11.7 Å². The van der Waals surface area contributed by atoms with Gasteiger partial charge in [-0.25, -0.2) is 0 Å². The van der Waals surface area contributed by atoms with Crippen molar-refractivity contribution in [3.63, 3.8) is 0 Å². The molecule has 0 saturated carbocycles. The number of hydrogen-bond acceptors (Lipinski definition) is 3. The maximum absolute atomic E-state index is 5.97. The minimum atomic E-state index is 0.246. The Balaban J connectivity index is 1.99. The minimum Gasteiger partial charge on any atom is -0.311 e. The Bertz CT molecular complexity index is 512. The Morgan fingerprint density at radius 1 is 1.44 bits per heavy atom. The van der Waals surface area contributed by atoms with Crippen LogP contribution in [0.2, 0.25) is 5.02 Å². The van der Waals surface area contributed by atoms with E-state index in [-0.39, 0.29) is 6.04 Å². The molecule has 0 fully saturated rings. The van der Waals surface area contributed by atoms with Crippen molar-refractivity contribution in [2.75, 3.05) is 12.8 Å². The predicted octanol–water partition coefficient (Wildman–Crippen LogP) is 3.13. The molecule has 18 heavy (non-hydrogen) atoms. The van der Waals surface area contributed by atoms with E-state index in [1.165, 1.54) is 4.90 Å². The van der Waals surface area contributed by atoms with Gasteiger partial charge in [-0.2, -0.15) is 5.10 Å². The van der Waals surface area contributed by atoms with Gasteiger partial charge in [0.05, 0.1) is 11.7 Å². The van der Waals surface area contributed by atoms with E-state index in [0.717, 1.165) is 16.5 Å². The maximum atomic E-state index is 5.97. The fraction of sp³-hybridized carbons (Fsp3) is 0.308. The van der Waals surface area contributed by atoms with Crippen molar-refractivity contribution in [3.05, 3.63) is 47.2 Å². The van der Waals surface area contributed by atoms with Gasteiger partial charge in [-0.1, -0.05) is 17.7 Å². The van der Waals surface area contributed by atoms with Crippen LogP contribution in [0.3, 0.4) is 0 Å². The van der Waals surface area contributed by atoms with E-state index < -0.39 is 0 Å². The van der Waals surface area contributed by atoms with Gasteiger partial charge in [-0.3, -0.25) is 4.68 Å². The van der Waals surface area contributed by atoms with Crippen molar-refractivity contribution < 1.29 is 0 Å². The summed E-state index contributed by atoms with van der Waals surface area (Å²) in [6.07, 6.45) is 1.96. The fourth-order valence-corrected chi connectivity index (χ4v) is 3.01. The first-order valence-corrected chi connectivity index (χ1v) is 7.10. The van der Waals surface area contributed by atoms with Crippen LogP contribution in [0, 0.1) is 0 Å². The van der Waals surface area contributed by atoms with Crippen LogP contribution in [-0.4, -0.2) is 22.6 Å². The van der Waals surface area contributed by atoms with E-state index in [1.54, 1.807) is 11.8 Å². The number of benzene rings is 1. The molecule has 2 rings (SSSR count). The van der Waals surface area contributed by atoms with Gasteiger partial charge in [0.15, 0.2) is 0 Å². The van der Waals surface area contributed by atoms with Crippen molar-refractivity contribution in [1.29, 1.82) is 0 Å². The third-order valence-corrected chi connectivity index (χ3v) is 3.97. The third-order valence-electron chi connectivity index (χ3n) is 2.65. The second kappa shape index (κ2) is 6.27. The lowest BCUT2D eigenvalue weighted by Crippen LogP contribution is -2.19. The van der Waals surface area contributed by atoms with E-state index >= 15 is 0 Å². The SMILES string of the molecule is CNC(CSc1cccc(Cl)c1)c1ccn(C)n1. The number of halogens is 1. The molecule has 5 heteroatoms. The van der Waals surface area contributed by atoms with Crippen LogP contribution in [0.15, 0.2) is 41.4 Å². The van der Waals surface area contributed by atoms with Crippen molar-refractivity contribution in [2.45, 2.75) is 10.9 Å². The van der Waals surface area contributed by atoms with E-state index in [1.807, 2.05) is 49.2 Å². The second-order valence-corrected chi connectivity index (χ2v) is 5.55. The van der Waals surface area contributed by atoms with E-state index in [9.17, 15) is 0 Å². The summed E-state index contributed by atoms with van der Waals surface area (Å²) in [4.78, 5) is 1.18. The van der Waals surface area contributed by atoms with Gasteiger partial charge in [0, 0.05) is 28.9 Å². The molecule has 0 aliphatic heterocycles. The molecular weight excluding hydrogens is 266 g/mol. The van der Waals surface area contributed by atoms with E-state index in [4.69, 9.17) is 11.6 Å². The molecule has 1 aromatic carbocycles. The molecule has 0 aliphatic carbocycles. The molecule has 1 aromatic heterocycles. The third kappa shape index (κ3) is 3.51. The molecule has 1 unspecified atom stereocenters. The number of rotatable bonds is 5. The number of thioether (sulfide) groups is 1. The highest BCUT2D eigenvalue weighted by molar-refractivity contribution is 7.99. The highest BCUT2D eigenvalue weighted by Gasteiger charge is 2.12. The second-order valence-electron chi connectivity index (χ2n) is 4.02. The molecule has 1 atom stereocenters. The Morgan fingerprint density at radius 2 is 2.28 bits per heavy atom. The summed E-state index contributed by atoms with van der Waals surface area (Å²) >= 11 is 7.74. The maximum Gasteiger partial charge on any atom is 0.0802 e. The first kappa shape index (κ1) is 13.5. The van der Waals surface area contributed by atoms with Crippen LogP contribution < -0.4 is 5.32 Å². The Kier molecular flexibility index (Phi) is 4.69. The highest BCUT2D eigenvalue weighted by atomic mass is 35.5. The minimum absolute atomic E-state index is 0.246. The molecule has 0 saturated heterocycles. The van der Waals surface area contributed by atoms with Gasteiger partial charge in [-0.15, -0.1) is 11.8 Å². The Labute approximate surface area is 117 Å². The van der Waals surface area contributed by atoms with Gasteiger partial charge in [0.1, 0.15) is 0 Å². The lowest BCUT2D eigenvalue weighted by molar-refractivity contribution is 0.619. The molecule has 0 radical (unpaired) electrons. The number of hydrogen-bond donors (Lipinski definition) is 1. The Hall–Kier alpha value is -0.970. The van der Waals surface area contributed by atoms with Crippen LogP contribution in [0.5, 0.6) is 0 Å². The molecule has 0 bridgehead atoms. The molecule has 0 aliphatic rings. The average molecular weight is 282 g/mol. The summed E-state index contributed by atoms with van der Waals surface area (Å²) < 4.78 is 1.82. The number of nitrogens with one attached hydrogen (secondary N) is 1. The predicted molar refractivity (Wildman–Crippen MR) is 77.2 cm³/mol. The summed E-state index contributed by atoms with van der Waals surface area (Å²) in [5.41, 5.74) is 1.06. The summed E-state index contributed by atoms with van der Waals surface area (Å²) in [6, 6.07) is 10.2. The highest BCUT2D eigenvalue weighted by Crippen LogP contribution is 2.25. The van der Waals surface area contributed by atoms with Crippen LogP contribution in [0.4, 0.5) is 0 Å². The monoisotopic (exact) mass is 281 g/mol. The molecular formula is C13H16ClN3S. The van der Waals surface area contributed by atoms with Crippen molar-refractivity contribution in [1.82, 2.24) is 15.1 Å². The standard InChI is InChI=1S/C13H16ClN3S/c1-15-13(12-6-7-17(2)16-12)9-18-11-5-3-4-10(14)8-11/h3-8,13,15H,9H2,1-2H3. The van der Waals surface area contributed by atoms with Crippen LogP contribution in [0.25, 0.3) is 0 Å².